The van der Waals surface area contributed by atoms with Crippen LogP contribution in [0.25, 0.3) is 0 Å². The zero-order chi connectivity index (χ0) is 16.0. The maximum atomic E-state index is 6.67. The summed E-state index contributed by atoms with van der Waals surface area (Å²) in [5.74, 6) is 3.04. The summed E-state index contributed by atoms with van der Waals surface area (Å²) in [6, 6.07) is 11.6. The molecule has 1 rings (SSSR count). The Morgan fingerprint density at radius 2 is 1.19 bits per heavy atom. The van der Waals surface area contributed by atoms with E-state index in [0.29, 0.717) is 17.8 Å². The summed E-state index contributed by atoms with van der Waals surface area (Å²) >= 11 is 5.99. The summed E-state index contributed by atoms with van der Waals surface area (Å²) < 4.78 is 6.67. The molecule has 0 aliphatic carbocycles. The Balaban J connectivity index is 3.03. The van der Waals surface area contributed by atoms with E-state index < -0.39 is 8.32 Å². The van der Waals surface area contributed by atoms with Gasteiger partial charge in [0.05, 0.1) is 0 Å². The fourth-order valence-electron chi connectivity index (χ4n) is 3.36. The molecule has 3 heteroatoms. The minimum absolute atomic E-state index is 0.682. The average Bonchev–Trinajstić information content (AvgIpc) is 2.29. The third-order valence-electron chi connectivity index (χ3n) is 3.49. The van der Waals surface area contributed by atoms with Crippen molar-refractivity contribution in [3.8, 4) is 5.75 Å². The molecule has 0 N–H and O–H groups in total. The maximum absolute atomic E-state index is 6.67. The van der Waals surface area contributed by atoms with Crippen molar-refractivity contribution in [1.29, 1.82) is 0 Å². The fraction of sp³-hybridized carbons (Fsp3) is 0.667. The lowest BCUT2D eigenvalue weighted by molar-refractivity contribution is 0.474. The lowest BCUT2D eigenvalue weighted by Gasteiger charge is -2.36. The molecule has 0 saturated carbocycles. The van der Waals surface area contributed by atoms with E-state index in [4.69, 9.17) is 16.0 Å². The van der Waals surface area contributed by atoms with Crippen molar-refractivity contribution in [3.05, 3.63) is 29.3 Å². The van der Waals surface area contributed by atoms with Gasteiger partial charge in [-0.15, -0.1) is 0 Å². The van der Waals surface area contributed by atoms with Crippen molar-refractivity contribution >= 4 is 19.9 Å². The average molecular weight is 327 g/mol. The van der Waals surface area contributed by atoms with E-state index in [9.17, 15) is 0 Å². The highest BCUT2D eigenvalue weighted by atomic mass is 35.5. The minimum Gasteiger partial charge on any atom is -0.543 e. The molecule has 0 spiro atoms. The van der Waals surface area contributed by atoms with E-state index in [-0.39, 0.29) is 0 Å². The van der Waals surface area contributed by atoms with Gasteiger partial charge in [-0.3, -0.25) is 0 Å². The van der Waals surface area contributed by atoms with Gasteiger partial charge < -0.3 is 4.43 Å². The van der Waals surface area contributed by atoms with Crippen LogP contribution in [0.3, 0.4) is 0 Å². The van der Waals surface area contributed by atoms with Gasteiger partial charge in [0.25, 0.3) is 8.32 Å². The van der Waals surface area contributed by atoms with Crippen LogP contribution < -0.4 is 4.43 Å². The standard InChI is InChI=1S/C18H31ClOSi/c1-14(2)11-21(12-15(3)4,13-16(5)6)20-18-9-7-17(19)8-10-18/h7-10,14-16H,11-13H2,1-6H3. The molecule has 0 bridgehead atoms. The van der Waals surface area contributed by atoms with Crippen molar-refractivity contribution in [3.63, 3.8) is 0 Å². The lowest BCUT2D eigenvalue weighted by Crippen LogP contribution is -2.45. The van der Waals surface area contributed by atoms with Gasteiger partial charge in [0.1, 0.15) is 5.75 Å². The van der Waals surface area contributed by atoms with Gasteiger partial charge in [0.2, 0.25) is 0 Å². The summed E-state index contributed by atoms with van der Waals surface area (Å²) in [6.45, 7) is 13.9. The summed E-state index contributed by atoms with van der Waals surface area (Å²) in [4.78, 5) is 0. The number of hydrogen-bond acceptors (Lipinski definition) is 1. The minimum atomic E-state index is -1.79. The molecule has 0 aliphatic rings. The van der Waals surface area contributed by atoms with Gasteiger partial charge in [0.15, 0.2) is 0 Å². The largest absolute Gasteiger partial charge is 0.543 e. The van der Waals surface area contributed by atoms with Crippen molar-refractivity contribution in [2.24, 2.45) is 17.8 Å². The normalized spacial score (nSPS) is 12.5. The highest BCUT2D eigenvalue weighted by molar-refractivity contribution is 6.74. The van der Waals surface area contributed by atoms with Crippen LogP contribution in [0.2, 0.25) is 23.2 Å². The Morgan fingerprint density at radius 3 is 1.52 bits per heavy atom. The van der Waals surface area contributed by atoms with Gasteiger partial charge in [-0.25, -0.2) is 0 Å². The molecule has 0 fully saturated rings. The lowest BCUT2D eigenvalue weighted by atomic mass is 10.2. The smallest absolute Gasteiger partial charge is 0.252 e. The van der Waals surface area contributed by atoms with E-state index in [2.05, 4.69) is 41.5 Å². The second-order valence-corrected chi connectivity index (χ2v) is 11.8. The molecule has 0 aromatic heterocycles. The van der Waals surface area contributed by atoms with E-state index in [1.54, 1.807) is 0 Å². The predicted octanol–water partition coefficient (Wildman–Crippen LogP) is 6.63. The second kappa shape index (κ2) is 8.24. The predicted molar refractivity (Wildman–Crippen MR) is 96.8 cm³/mol. The molecule has 120 valence electrons. The van der Waals surface area contributed by atoms with Crippen LogP contribution >= 0.6 is 11.6 Å². The van der Waals surface area contributed by atoms with Crippen LogP contribution in [-0.2, 0) is 0 Å². The molecule has 0 saturated heterocycles. The van der Waals surface area contributed by atoms with Crippen molar-refractivity contribution in [1.82, 2.24) is 0 Å². The molecule has 0 atom stereocenters. The number of benzene rings is 1. The third-order valence-corrected chi connectivity index (χ3v) is 9.09. The molecule has 0 aliphatic heterocycles. The fourth-order valence-corrected chi connectivity index (χ4v) is 9.34. The quantitative estimate of drug-likeness (QED) is 0.487. The third kappa shape index (κ3) is 6.88. The van der Waals surface area contributed by atoms with Gasteiger partial charge in [-0.1, -0.05) is 53.1 Å². The van der Waals surface area contributed by atoms with Crippen molar-refractivity contribution in [2.45, 2.75) is 59.7 Å². The monoisotopic (exact) mass is 326 g/mol. The van der Waals surface area contributed by atoms with Crippen molar-refractivity contribution in [2.75, 3.05) is 0 Å². The Bertz CT molecular complexity index is 385. The molecular formula is C18H31ClOSi. The highest BCUT2D eigenvalue weighted by Crippen LogP contribution is 2.34. The first kappa shape index (κ1) is 18.6. The summed E-state index contributed by atoms with van der Waals surface area (Å²) in [7, 11) is -1.79. The van der Waals surface area contributed by atoms with Crippen LogP contribution in [0, 0.1) is 17.8 Å². The number of hydrogen-bond donors (Lipinski definition) is 0. The van der Waals surface area contributed by atoms with E-state index in [1.807, 2.05) is 24.3 Å². The molecule has 1 aromatic rings. The number of rotatable bonds is 8. The zero-order valence-corrected chi connectivity index (χ0v) is 16.2. The molecule has 1 aromatic carbocycles. The molecule has 0 heterocycles. The Morgan fingerprint density at radius 1 is 0.810 bits per heavy atom. The van der Waals surface area contributed by atoms with Crippen LogP contribution in [0.15, 0.2) is 24.3 Å². The van der Waals surface area contributed by atoms with Crippen molar-refractivity contribution < 1.29 is 4.43 Å². The Hall–Kier alpha value is -0.473. The van der Waals surface area contributed by atoms with Crippen LogP contribution in [0.4, 0.5) is 0 Å². The van der Waals surface area contributed by atoms with E-state index in [1.165, 1.54) is 18.1 Å². The summed E-state index contributed by atoms with van der Waals surface area (Å²) in [6.07, 6.45) is 0. The molecule has 0 unspecified atom stereocenters. The molecule has 21 heavy (non-hydrogen) atoms. The first-order valence-electron chi connectivity index (χ1n) is 8.17. The van der Waals surface area contributed by atoms with Gasteiger partial charge >= 0.3 is 0 Å². The van der Waals surface area contributed by atoms with Gasteiger partial charge in [-0.2, -0.15) is 0 Å². The molecule has 0 amide bonds. The summed E-state index contributed by atoms with van der Waals surface area (Å²) in [5, 5.41) is 0.770. The molecular weight excluding hydrogens is 296 g/mol. The van der Waals surface area contributed by atoms with Gasteiger partial charge in [-0.05, 0) is 60.2 Å². The Labute approximate surface area is 137 Å². The van der Waals surface area contributed by atoms with E-state index in [0.717, 1.165) is 10.8 Å². The van der Waals surface area contributed by atoms with Gasteiger partial charge in [0, 0.05) is 5.02 Å². The molecule has 1 nitrogen and oxygen atoms in total. The summed E-state index contributed by atoms with van der Waals surface area (Å²) in [5.41, 5.74) is 0. The molecule has 0 radical (unpaired) electrons. The second-order valence-electron chi connectivity index (χ2n) is 7.53. The van der Waals surface area contributed by atoms with Crippen LogP contribution in [0.5, 0.6) is 5.75 Å². The zero-order valence-electron chi connectivity index (χ0n) is 14.4. The first-order chi connectivity index (χ1) is 9.72. The first-order valence-corrected chi connectivity index (χ1v) is 11.1. The maximum Gasteiger partial charge on any atom is 0.252 e. The van der Waals surface area contributed by atoms with Crippen LogP contribution in [0.1, 0.15) is 41.5 Å². The van der Waals surface area contributed by atoms with Crippen LogP contribution in [-0.4, -0.2) is 8.32 Å². The van der Waals surface area contributed by atoms with E-state index >= 15 is 0 Å². The Kier molecular flexibility index (Phi) is 7.29. The SMILES string of the molecule is CC(C)C[Si](CC(C)C)(CC(C)C)Oc1ccc(Cl)cc1. The number of halogens is 1. The highest BCUT2D eigenvalue weighted by Gasteiger charge is 2.39. The topological polar surface area (TPSA) is 9.23 Å².